The van der Waals surface area contributed by atoms with Crippen LogP contribution in [0, 0.1) is 23.7 Å². The Balaban J connectivity index is 2.02. The molecule has 1 saturated carbocycles. The molecule has 2 fully saturated rings. The zero-order valence-electron chi connectivity index (χ0n) is 19.9. The molecule has 0 spiro atoms. The van der Waals surface area contributed by atoms with Gasteiger partial charge in [0.2, 0.25) is 0 Å². The average molecular weight is 447 g/mol. The summed E-state index contributed by atoms with van der Waals surface area (Å²) in [4.78, 5) is 37.7. The molecule has 1 N–H and O–H groups in total. The van der Waals surface area contributed by atoms with Gasteiger partial charge >= 0.3 is 17.9 Å². The van der Waals surface area contributed by atoms with Crippen LogP contribution in [0.1, 0.15) is 54.9 Å². The van der Waals surface area contributed by atoms with E-state index in [0.717, 1.165) is 5.57 Å². The quantitative estimate of drug-likeness (QED) is 0.306. The standard InChI is InChI=1S/C25H34O7/c1-8-12(3)22(26)30-16-10-14(5)18-20(16)25(7,29)11-17(31-23(27)13(4)9-2)19-15(6)24(28)32-21(18)19/h8-10,15-21,29H,11H2,1-7H3. The first-order chi connectivity index (χ1) is 14.9. The van der Waals surface area contributed by atoms with Crippen LogP contribution >= 0.6 is 0 Å². The van der Waals surface area contributed by atoms with Crippen LogP contribution in [0.15, 0.2) is 34.9 Å². The van der Waals surface area contributed by atoms with E-state index in [2.05, 4.69) is 0 Å². The van der Waals surface area contributed by atoms with Crippen molar-refractivity contribution in [2.24, 2.45) is 23.7 Å². The van der Waals surface area contributed by atoms with Crippen LogP contribution in [0.3, 0.4) is 0 Å². The number of allylic oxidation sites excluding steroid dienone is 2. The molecule has 0 aromatic carbocycles. The Hall–Kier alpha value is -2.41. The van der Waals surface area contributed by atoms with Gasteiger partial charge in [-0.1, -0.05) is 24.6 Å². The van der Waals surface area contributed by atoms with Gasteiger partial charge in [-0.25, -0.2) is 9.59 Å². The Morgan fingerprint density at radius 3 is 2.28 bits per heavy atom. The van der Waals surface area contributed by atoms with Gasteiger partial charge in [0.1, 0.15) is 18.3 Å². The minimum absolute atomic E-state index is 0.108. The zero-order valence-corrected chi connectivity index (χ0v) is 19.9. The molecular weight excluding hydrogens is 412 g/mol. The summed E-state index contributed by atoms with van der Waals surface area (Å²) in [7, 11) is 0. The topological polar surface area (TPSA) is 99.1 Å². The maximum absolute atomic E-state index is 12.6. The number of carbonyl (C=O) groups excluding carboxylic acids is 3. The molecule has 1 heterocycles. The first-order valence-corrected chi connectivity index (χ1v) is 11.2. The molecule has 2 aliphatic carbocycles. The second-order valence-electron chi connectivity index (χ2n) is 9.55. The summed E-state index contributed by atoms with van der Waals surface area (Å²) < 4.78 is 17.4. The molecule has 32 heavy (non-hydrogen) atoms. The minimum Gasteiger partial charge on any atom is -0.461 e. The molecule has 1 aliphatic heterocycles. The summed E-state index contributed by atoms with van der Waals surface area (Å²) in [6.07, 6.45) is 3.31. The predicted octanol–water partition coefficient (Wildman–Crippen LogP) is 3.27. The third-order valence-electron chi connectivity index (χ3n) is 7.40. The van der Waals surface area contributed by atoms with Gasteiger partial charge in [-0.05, 0) is 47.6 Å². The number of carbonyl (C=O) groups is 3. The van der Waals surface area contributed by atoms with E-state index in [1.54, 1.807) is 53.7 Å². The number of hydrogen-bond donors (Lipinski definition) is 1. The maximum Gasteiger partial charge on any atom is 0.333 e. The summed E-state index contributed by atoms with van der Waals surface area (Å²) in [6, 6.07) is 0. The van der Waals surface area contributed by atoms with Gasteiger partial charge in [-0.15, -0.1) is 0 Å². The van der Waals surface area contributed by atoms with Crippen LogP contribution in [-0.4, -0.2) is 46.9 Å². The van der Waals surface area contributed by atoms with Crippen LogP contribution in [0.4, 0.5) is 0 Å². The van der Waals surface area contributed by atoms with Crippen molar-refractivity contribution in [2.45, 2.75) is 78.8 Å². The Kier molecular flexibility index (Phi) is 6.70. The molecule has 1 saturated heterocycles. The van der Waals surface area contributed by atoms with E-state index in [1.165, 1.54) is 0 Å². The summed E-state index contributed by atoms with van der Waals surface area (Å²) in [5, 5.41) is 11.6. The molecule has 8 unspecified atom stereocenters. The first kappa shape index (κ1) is 24.2. The Morgan fingerprint density at radius 1 is 1.16 bits per heavy atom. The van der Waals surface area contributed by atoms with Crippen LogP contribution in [0.2, 0.25) is 0 Å². The molecule has 0 radical (unpaired) electrons. The van der Waals surface area contributed by atoms with Crippen molar-refractivity contribution in [2.75, 3.05) is 0 Å². The largest absolute Gasteiger partial charge is 0.461 e. The lowest BCUT2D eigenvalue weighted by Gasteiger charge is -2.37. The molecule has 176 valence electrons. The van der Waals surface area contributed by atoms with Crippen molar-refractivity contribution in [1.82, 2.24) is 0 Å². The molecule has 3 aliphatic rings. The number of ether oxygens (including phenoxy) is 3. The van der Waals surface area contributed by atoms with Crippen LogP contribution in [0.5, 0.6) is 0 Å². The monoisotopic (exact) mass is 446 g/mol. The van der Waals surface area contributed by atoms with Gasteiger partial charge in [-0.3, -0.25) is 4.79 Å². The van der Waals surface area contributed by atoms with Crippen molar-refractivity contribution in [3.8, 4) is 0 Å². The Bertz CT molecular complexity index is 894. The predicted molar refractivity (Wildman–Crippen MR) is 117 cm³/mol. The third-order valence-corrected chi connectivity index (χ3v) is 7.40. The maximum atomic E-state index is 12.6. The van der Waals surface area contributed by atoms with Crippen molar-refractivity contribution < 1.29 is 33.7 Å². The molecule has 8 atom stereocenters. The molecule has 0 aromatic rings. The second kappa shape index (κ2) is 8.85. The highest BCUT2D eigenvalue weighted by atomic mass is 16.6. The first-order valence-electron chi connectivity index (χ1n) is 11.2. The fourth-order valence-corrected chi connectivity index (χ4v) is 5.36. The smallest absolute Gasteiger partial charge is 0.333 e. The van der Waals surface area contributed by atoms with E-state index in [-0.39, 0.29) is 18.3 Å². The molecule has 0 amide bonds. The summed E-state index contributed by atoms with van der Waals surface area (Å²) in [5.74, 6) is -3.06. The molecular formula is C25H34O7. The normalized spacial score (nSPS) is 39.4. The molecule has 7 heteroatoms. The van der Waals surface area contributed by atoms with Gasteiger partial charge in [0, 0.05) is 35.3 Å². The van der Waals surface area contributed by atoms with E-state index >= 15 is 0 Å². The van der Waals surface area contributed by atoms with Gasteiger partial charge in [0.25, 0.3) is 0 Å². The fourth-order valence-electron chi connectivity index (χ4n) is 5.36. The minimum atomic E-state index is -1.33. The molecule has 7 nitrogen and oxygen atoms in total. The van der Waals surface area contributed by atoms with E-state index in [9.17, 15) is 19.5 Å². The Labute approximate surface area is 189 Å². The number of rotatable bonds is 4. The Morgan fingerprint density at radius 2 is 1.72 bits per heavy atom. The lowest BCUT2D eigenvalue weighted by Crippen LogP contribution is -2.46. The van der Waals surface area contributed by atoms with Gasteiger partial charge in [0.15, 0.2) is 0 Å². The molecule has 3 rings (SSSR count). The third kappa shape index (κ3) is 4.15. The number of fused-ring (bicyclic) bond motifs is 3. The summed E-state index contributed by atoms with van der Waals surface area (Å²) in [5.41, 5.74) is 0.479. The van der Waals surface area contributed by atoms with E-state index in [4.69, 9.17) is 14.2 Å². The number of aliphatic hydroxyl groups is 1. The van der Waals surface area contributed by atoms with Gasteiger partial charge < -0.3 is 19.3 Å². The summed E-state index contributed by atoms with van der Waals surface area (Å²) >= 11 is 0. The lowest BCUT2D eigenvalue weighted by atomic mass is 9.75. The highest BCUT2D eigenvalue weighted by Gasteiger charge is 2.62. The second-order valence-corrected chi connectivity index (χ2v) is 9.55. The van der Waals surface area contributed by atoms with E-state index in [1.807, 2.05) is 13.0 Å². The highest BCUT2D eigenvalue weighted by molar-refractivity contribution is 5.88. The van der Waals surface area contributed by atoms with Crippen LogP contribution in [0.25, 0.3) is 0 Å². The van der Waals surface area contributed by atoms with E-state index < -0.39 is 53.6 Å². The molecule has 0 bridgehead atoms. The SMILES string of the molecule is CC=C(C)C(=O)OC1C=C(C)C2C3OC(=O)C(C)C3C(OC(=O)C(C)=CC)CC(C)(O)C12. The summed E-state index contributed by atoms with van der Waals surface area (Å²) in [6.45, 7) is 12.2. The number of esters is 3. The van der Waals surface area contributed by atoms with Crippen molar-refractivity contribution in [3.63, 3.8) is 0 Å². The van der Waals surface area contributed by atoms with Gasteiger partial charge in [-0.2, -0.15) is 0 Å². The highest BCUT2D eigenvalue weighted by Crippen LogP contribution is 2.53. The van der Waals surface area contributed by atoms with Crippen LogP contribution < -0.4 is 0 Å². The van der Waals surface area contributed by atoms with Crippen LogP contribution in [-0.2, 0) is 28.6 Å². The average Bonchev–Trinajstić information content (AvgIpc) is 3.18. The fraction of sp³-hybridized carbons (Fsp3) is 0.640. The van der Waals surface area contributed by atoms with E-state index in [0.29, 0.717) is 11.1 Å². The number of hydrogen-bond acceptors (Lipinski definition) is 7. The van der Waals surface area contributed by atoms with Crippen molar-refractivity contribution in [3.05, 3.63) is 34.9 Å². The van der Waals surface area contributed by atoms with Crippen molar-refractivity contribution in [1.29, 1.82) is 0 Å². The van der Waals surface area contributed by atoms with Gasteiger partial charge in [0.05, 0.1) is 11.5 Å². The molecule has 0 aromatic heterocycles. The van der Waals surface area contributed by atoms with Crippen molar-refractivity contribution >= 4 is 17.9 Å². The zero-order chi connectivity index (χ0) is 24.0. The lowest BCUT2D eigenvalue weighted by molar-refractivity contribution is -0.158.